The number of aliphatic hydroxyl groups excluding tert-OH is 1. The maximum absolute atomic E-state index is 11.1. The summed E-state index contributed by atoms with van der Waals surface area (Å²) in [6, 6.07) is 3.22. The molecule has 0 aliphatic carbocycles. The lowest BCUT2D eigenvalue weighted by atomic mass is 9.99. The molecule has 0 aromatic rings. The molecule has 3 nitrogen and oxygen atoms in total. The number of aliphatic hydroxyl groups is 1. The number of hydrogen-bond acceptors (Lipinski definition) is 3. The Bertz CT molecular complexity index is 443. The third kappa shape index (κ3) is 7.97. The van der Waals surface area contributed by atoms with Gasteiger partial charge in [0.05, 0.1) is 6.10 Å². The third-order valence-electron chi connectivity index (χ3n) is 4.65. The first kappa shape index (κ1) is 22.8. The fourth-order valence-electron chi connectivity index (χ4n) is 2.62. The van der Waals surface area contributed by atoms with E-state index in [2.05, 4.69) is 26.7 Å². The van der Waals surface area contributed by atoms with E-state index < -0.39 is 20.0 Å². The molecule has 1 unspecified atom stereocenters. The second-order valence-electron chi connectivity index (χ2n) is 6.28. The molecule has 0 aromatic carbocycles. The van der Waals surface area contributed by atoms with Crippen LogP contribution < -0.4 is 0 Å². The third-order valence-corrected chi connectivity index (χ3v) is 9.84. The van der Waals surface area contributed by atoms with Crippen molar-refractivity contribution >= 4 is 34.7 Å². The van der Waals surface area contributed by atoms with Crippen LogP contribution in [0.5, 0.6) is 0 Å². The van der Waals surface area contributed by atoms with E-state index in [1.807, 2.05) is 19.9 Å². The highest BCUT2D eigenvalue weighted by Gasteiger charge is 2.36. The minimum absolute atomic E-state index is 0.0377. The van der Waals surface area contributed by atoms with Gasteiger partial charge in [-0.05, 0) is 73.0 Å². The molecule has 1 N–H and O–H groups in total. The number of halogens is 1. The number of allylic oxidation sites excluding steroid dienone is 1. The van der Waals surface area contributed by atoms with Crippen LogP contribution >= 0.6 is 22.6 Å². The molecule has 0 aromatic heterocycles. The van der Waals surface area contributed by atoms with Crippen molar-refractivity contribution in [3.05, 3.63) is 11.6 Å². The van der Waals surface area contributed by atoms with E-state index >= 15 is 0 Å². The summed E-state index contributed by atoms with van der Waals surface area (Å²) in [7, 11) is -1.75. The zero-order valence-electron chi connectivity index (χ0n) is 15.1. The molecule has 0 aliphatic rings. The summed E-state index contributed by atoms with van der Waals surface area (Å²) in [5.41, 5.74) is 0.258. The van der Waals surface area contributed by atoms with Crippen LogP contribution in [-0.4, -0.2) is 28.9 Å². The van der Waals surface area contributed by atoms with Crippen molar-refractivity contribution in [2.24, 2.45) is 0 Å². The predicted molar refractivity (Wildman–Crippen MR) is 108 cm³/mol. The van der Waals surface area contributed by atoms with Gasteiger partial charge in [-0.15, -0.1) is 6.42 Å². The molecule has 0 saturated heterocycles. The first-order valence-electron chi connectivity index (χ1n) is 8.38. The quantitative estimate of drug-likeness (QED) is 0.161. The van der Waals surface area contributed by atoms with Crippen molar-refractivity contribution < 1.29 is 14.3 Å². The highest BCUT2D eigenvalue weighted by molar-refractivity contribution is 14.1. The highest BCUT2D eigenvalue weighted by Crippen LogP contribution is 2.30. The fraction of sp³-hybridized carbons (Fsp3) is 0.722. The molecule has 0 saturated carbocycles. The van der Waals surface area contributed by atoms with Gasteiger partial charge in [0, 0.05) is 6.42 Å². The van der Waals surface area contributed by atoms with Gasteiger partial charge >= 0.3 is 0 Å². The SMILES string of the molecule is C#C[C@](C)(CC/C=C(\C)C(O)CC(=O)I)O[Si](CC)(CC)CC. The number of carbonyl (C=O) groups is 1. The van der Waals surface area contributed by atoms with Crippen molar-refractivity contribution in [2.75, 3.05) is 0 Å². The zero-order chi connectivity index (χ0) is 18.1. The van der Waals surface area contributed by atoms with E-state index in [-0.39, 0.29) is 10.2 Å². The summed E-state index contributed by atoms with van der Waals surface area (Å²) in [6.07, 6.45) is 8.64. The van der Waals surface area contributed by atoms with E-state index in [1.165, 1.54) is 0 Å². The van der Waals surface area contributed by atoms with Crippen molar-refractivity contribution in [3.63, 3.8) is 0 Å². The monoisotopic (exact) mass is 450 g/mol. The Morgan fingerprint density at radius 1 is 1.39 bits per heavy atom. The molecule has 0 radical (unpaired) electrons. The van der Waals surface area contributed by atoms with Gasteiger partial charge in [-0.25, -0.2) is 0 Å². The van der Waals surface area contributed by atoms with Crippen molar-refractivity contribution in [2.45, 2.75) is 83.7 Å². The molecule has 0 fully saturated rings. The molecular formula is C18H31IO3Si. The van der Waals surface area contributed by atoms with Gasteiger partial charge in [0.2, 0.25) is 0 Å². The highest BCUT2D eigenvalue weighted by atomic mass is 127. The lowest BCUT2D eigenvalue weighted by molar-refractivity contribution is -0.110. The standard InChI is InChI=1S/C18H31IO3Si/c1-7-18(6,22-23(8-2,9-3)10-4)13-11-12-15(5)16(20)14-17(19)21/h1,12,16,20H,8-11,13-14H2,2-6H3/b15-12+/t16?,18-/m1/s1. The molecule has 5 heteroatoms. The smallest absolute Gasteiger partial charge is 0.195 e. The summed E-state index contributed by atoms with van der Waals surface area (Å²) in [5.74, 6) is 2.84. The summed E-state index contributed by atoms with van der Waals surface area (Å²) < 4.78 is 6.45. The molecule has 23 heavy (non-hydrogen) atoms. The Labute approximate surface area is 156 Å². The molecule has 0 spiro atoms. The minimum atomic E-state index is -1.75. The van der Waals surface area contributed by atoms with Crippen molar-refractivity contribution in [1.29, 1.82) is 0 Å². The van der Waals surface area contributed by atoms with Gasteiger partial charge in [0.1, 0.15) is 5.60 Å². The molecule has 132 valence electrons. The maximum Gasteiger partial charge on any atom is 0.195 e. The van der Waals surface area contributed by atoms with Gasteiger partial charge in [-0.1, -0.05) is 32.8 Å². The van der Waals surface area contributed by atoms with Crippen molar-refractivity contribution in [3.8, 4) is 12.3 Å². The molecule has 0 aliphatic heterocycles. The lowest BCUT2D eigenvalue weighted by Gasteiger charge is -2.37. The Kier molecular flexibility index (Phi) is 10.6. The van der Waals surface area contributed by atoms with E-state index in [0.717, 1.165) is 36.5 Å². The van der Waals surface area contributed by atoms with Crippen LogP contribution in [0.25, 0.3) is 0 Å². The van der Waals surface area contributed by atoms with Gasteiger partial charge in [0.15, 0.2) is 12.1 Å². The average molecular weight is 450 g/mol. The molecule has 2 atom stereocenters. The average Bonchev–Trinajstić information content (AvgIpc) is 2.52. The van der Waals surface area contributed by atoms with Gasteiger partial charge in [-0.3, -0.25) is 4.79 Å². The molecule has 0 rings (SSSR count). The Balaban J connectivity index is 4.82. The Morgan fingerprint density at radius 2 is 1.91 bits per heavy atom. The molecule has 0 bridgehead atoms. The van der Waals surface area contributed by atoms with Gasteiger partial charge in [0.25, 0.3) is 0 Å². The van der Waals surface area contributed by atoms with Crippen LogP contribution in [0.1, 0.15) is 53.9 Å². The number of rotatable bonds is 11. The second-order valence-corrected chi connectivity index (χ2v) is 12.2. The second kappa shape index (κ2) is 10.6. The van der Waals surface area contributed by atoms with E-state index in [4.69, 9.17) is 10.8 Å². The topological polar surface area (TPSA) is 46.5 Å². The zero-order valence-corrected chi connectivity index (χ0v) is 18.3. The summed E-state index contributed by atoms with van der Waals surface area (Å²) in [6.45, 7) is 10.4. The first-order valence-corrected chi connectivity index (χ1v) is 12.0. The lowest BCUT2D eigenvalue weighted by Crippen LogP contribution is -2.45. The molecule has 0 amide bonds. The summed E-state index contributed by atoms with van der Waals surface area (Å²) >= 11 is 1.71. The number of carbonyl (C=O) groups excluding carboxylic acids is 1. The van der Waals surface area contributed by atoms with Crippen LogP contribution in [-0.2, 0) is 9.22 Å². The van der Waals surface area contributed by atoms with Crippen LogP contribution in [0.4, 0.5) is 0 Å². The summed E-state index contributed by atoms with van der Waals surface area (Å²) in [5, 5.41) is 9.92. The van der Waals surface area contributed by atoms with Crippen LogP contribution in [0, 0.1) is 12.3 Å². The Morgan fingerprint density at radius 3 is 2.30 bits per heavy atom. The van der Waals surface area contributed by atoms with Crippen LogP contribution in [0.15, 0.2) is 11.6 Å². The van der Waals surface area contributed by atoms with E-state index in [1.54, 1.807) is 22.6 Å². The van der Waals surface area contributed by atoms with Gasteiger partial charge < -0.3 is 9.53 Å². The fourth-order valence-corrected chi connectivity index (χ4v) is 6.09. The predicted octanol–water partition coefficient (Wildman–Crippen LogP) is 4.84. The van der Waals surface area contributed by atoms with Crippen molar-refractivity contribution in [1.82, 2.24) is 0 Å². The molecule has 0 heterocycles. The molecular weight excluding hydrogens is 419 g/mol. The maximum atomic E-state index is 11.1. The van der Waals surface area contributed by atoms with Crippen LogP contribution in [0.2, 0.25) is 18.1 Å². The largest absolute Gasteiger partial charge is 0.401 e. The summed E-state index contributed by atoms with van der Waals surface area (Å²) in [4.78, 5) is 11.1. The normalized spacial score (nSPS) is 16.5. The minimum Gasteiger partial charge on any atom is -0.401 e. The number of hydrogen-bond donors (Lipinski definition) is 1. The number of terminal acetylenes is 1. The van der Waals surface area contributed by atoms with Gasteiger partial charge in [-0.2, -0.15) is 0 Å². The Hall–Kier alpha value is -0.163. The van der Waals surface area contributed by atoms with E-state index in [0.29, 0.717) is 0 Å². The first-order chi connectivity index (χ1) is 10.7. The van der Waals surface area contributed by atoms with E-state index in [9.17, 15) is 9.90 Å². The van der Waals surface area contributed by atoms with Crippen LogP contribution in [0.3, 0.4) is 0 Å².